The normalized spacial score (nSPS) is 11.8. The fourth-order valence-electron chi connectivity index (χ4n) is 2.76. The second-order valence-electron chi connectivity index (χ2n) is 6.08. The van der Waals surface area contributed by atoms with Crippen molar-refractivity contribution in [2.24, 2.45) is 5.92 Å². The van der Waals surface area contributed by atoms with Crippen LogP contribution in [-0.2, 0) is 6.42 Å². The first-order valence-corrected chi connectivity index (χ1v) is 7.58. The van der Waals surface area contributed by atoms with Gasteiger partial charge in [-0.3, -0.25) is 4.40 Å². The molecule has 0 aliphatic carbocycles. The number of pyridine rings is 1. The second-order valence-corrected chi connectivity index (χ2v) is 6.08. The number of hydrogen-bond acceptors (Lipinski definition) is 3. The smallest absolute Gasteiger partial charge is 0.217 e. The topological polar surface area (TPSA) is 58.9 Å². The van der Waals surface area contributed by atoms with E-state index in [4.69, 9.17) is 0 Å². The Labute approximate surface area is 132 Å². The third kappa shape index (κ3) is 2.36. The Kier molecular flexibility index (Phi) is 3.11. The summed E-state index contributed by atoms with van der Waals surface area (Å²) in [6.45, 7) is 4.28. The van der Waals surface area contributed by atoms with Crippen molar-refractivity contribution in [1.82, 2.24) is 24.3 Å². The molecule has 0 amide bonds. The van der Waals surface area contributed by atoms with Crippen LogP contribution in [0.4, 0.5) is 4.39 Å². The third-order valence-corrected chi connectivity index (χ3v) is 3.84. The first-order chi connectivity index (χ1) is 11.1. The van der Waals surface area contributed by atoms with E-state index in [1.54, 1.807) is 12.3 Å². The van der Waals surface area contributed by atoms with Gasteiger partial charge >= 0.3 is 0 Å². The number of H-pyrrole nitrogens is 1. The summed E-state index contributed by atoms with van der Waals surface area (Å²) >= 11 is 0. The van der Waals surface area contributed by atoms with Gasteiger partial charge in [-0.15, -0.1) is 0 Å². The van der Waals surface area contributed by atoms with Crippen LogP contribution in [0.15, 0.2) is 36.9 Å². The highest BCUT2D eigenvalue weighted by Crippen LogP contribution is 2.28. The molecule has 0 bridgehead atoms. The molecule has 23 heavy (non-hydrogen) atoms. The van der Waals surface area contributed by atoms with Gasteiger partial charge in [0.05, 0.1) is 6.20 Å². The van der Waals surface area contributed by atoms with Crippen molar-refractivity contribution in [2.45, 2.75) is 20.3 Å². The van der Waals surface area contributed by atoms with Gasteiger partial charge in [0.1, 0.15) is 17.1 Å². The minimum Gasteiger partial charge on any atom is -0.345 e. The van der Waals surface area contributed by atoms with Gasteiger partial charge < -0.3 is 4.98 Å². The molecule has 116 valence electrons. The molecule has 0 saturated carbocycles. The van der Waals surface area contributed by atoms with E-state index in [2.05, 4.69) is 33.8 Å². The lowest BCUT2D eigenvalue weighted by Crippen LogP contribution is -2.00. The molecule has 0 fully saturated rings. The summed E-state index contributed by atoms with van der Waals surface area (Å²) in [6, 6.07) is 3.72. The van der Waals surface area contributed by atoms with E-state index < -0.39 is 0 Å². The molecular weight excluding hydrogens is 293 g/mol. The van der Waals surface area contributed by atoms with Gasteiger partial charge in [-0.1, -0.05) is 13.8 Å². The van der Waals surface area contributed by atoms with Gasteiger partial charge in [0.15, 0.2) is 0 Å². The molecule has 0 aliphatic heterocycles. The number of fused-ring (bicyclic) bond motifs is 2. The van der Waals surface area contributed by atoms with Crippen LogP contribution in [0.25, 0.3) is 27.8 Å². The summed E-state index contributed by atoms with van der Waals surface area (Å²) in [6.07, 6.45) is 7.52. The molecule has 4 aromatic rings. The first-order valence-electron chi connectivity index (χ1n) is 7.58. The number of aromatic nitrogens is 5. The van der Waals surface area contributed by atoms with Crippen molar-refractivity contribution in [3.05, 3.63) is 48.7 Å². The van der Waals surface area contributed by atoms with E-state index in [-0.39, 0.29) is 5.95 Å². The number of nitrogens with one attached hydrogen (secondary N) is 1. The number of imidazole rings is 1. The van der Waals surface area contributed by atoms with E-state index in [1.807, 2.05) is 18.5 Å². The molecule has 4 heterocycles. The van der Waals surface area contributed by atoms with E-state index in [1.165, 1.54) is 10.6 Å². The van der Waals surface area contributed by atoms with Crippen molar-refractivity contribution in [3.8, 4) is 11.1 Å². The number of halogens is 1. The maximum atomic E-state index is 13.7. The molecule has 6 heteroatoms. The van der Waals surface area contributed by atoms with Crippen molar-refractivity contribution in [3.63, 3.8) is 0 Å². The monoisotopic (exact) mass is 309 g/mol. The highest BCUT2D eigenvalue weighted by atomic mass is 19.1. The van der Waals surface area contributed by atoms with Gasteiger partial charge in [-0.05, 0) is 18.1 Å². The number of hydrogen-bond donors (Lipinski definition) is 1. The zero-order chi connectivity index (χ0) is 16.0. The van der Waals surface area contributed by atoms with Gasteiger partial charge in [-0.2, -0.15) is 4.39 Å². The molecule has 5 nitrogen and oxygen atoms in total. The minimum atomic E-state index is -0.378. The molecule has 1 N–H and O–H groups in total. The van der Waals surface area contributed by atoms with Crippen LogP contribution in [0.2, 0.25) is 0 Å². The summed E-state index contributed by atoms with van der Waals surface area (Å²) in [4.78, 5) is 16.2. The lowest BCUT2D eigenvalue weighted by atomic mass is 10.1. The predicted molar refractivity (Wildman–Crippen MR) is 86.6 cm³/mol. The van der Waals surface area contributed by atoms with Gasteiger partial charge in [-0.25, -0.2) is 15.0 Å². The summed E-state index contributed by atoms with van der Waals surface area (Å²) in [7, 11) is 0. The summed E-state index contributed by atoms with van der Waals surface area (Å²) < 4.78 is 15.2. The van der Waals surface area contributed by atoms with Crippen LogP contribution in [0.3, 0.4) is 0 Å². The van der Waals surface area contributed by atoms with Crippen molar-refractivity contribution >= 4 is 16.7 Å². The molecule has 0 aliphatic rings. The van der Waals surface area contributed by atoms with Crippen molar-refractivity contribution < 1.29 is 4.39 Å². The molecule has 4 aromatic heterocycles. The minimum absolute atomic E-state index is 0.378. The Morgan fingerprint density at radius 1 is 1.22 bits per heavy atom. The van der Waals surface area contributed by atoms with E-state index >= 15 is 0 Å². The molecule has 4 rings (SSSR count). The zero-order valence-corrected chi connectivity index (χ0v) is 12.9. The van der Waals surface area contributed by atoms with Crippen LogP contribution in [-0.4, -0.2) is 24.3 Å². The average molecular weight is 309 g/mol. The number of nitrogens with zero attached hydrogens (tertiary/aromatic N) is 4. The largest absolute Gasteiger partial charge is 0.345 e. The second kappa shape index (κ2) is 5.15. The SMILES string of the molecule is CC(C)Cc1ncc2c(-c3ccc4ncc(F)n4c3)c[nH]c2n1. The maximum Gasteiger partial charge on any atom is 0.217 e. The Morgan fingerprint density at radius 3 is 2.91 bits per heavy atom. The Bertz CT molecular complexity index is 999. The molecule has 0 spiro atoms. The van der Waals surface area contributed by atoms with Gasteiger partial charge in [0, 0.05) is 41.5 Å². The van der Waals surface area contributed by atoms with Crippen molar-refractivity contribution in [2.75, 3.05) is 0 Å². The molecular formula is C17H16FN5. The lowest BCUT2D eigenvalue weighted by Gasteiger charge is -2.04. The van der Waals surface area contributed by atoms with Gasteiger partial charge in [0.25, 0.3) is 0 Å². The molecule has 0 unspecified atom stereocenters. The fourth-order valence-corrected chi connectivity index (χ4v) is 2.76. The van der Waals surface area contributed by atoms with Gasteiger partial charge in [0.2, 0.25) is 5.95 Å². The highest BCUT2D eigenvalue weighted by Gasteiger charge is 2.11. The van der Waals surface area contributed by atoms with Crippen molar-refractivity contribution in [1.29, 1.82) is 0 Å². The van der Waals surface area contributed by atoms with Crippen LogP contribution in [0.1, 0.15) is 19.7 Å². The molecule has 0 aromatic carbocycles. The van der Waals surface area contributed by atoms with Crippen LogP contribution < -0.4 is 0 Å². The van der Waals surface area contributed by atoms with Crippen LogP contribution >= 0.6 is 0 Å². The summed E-state index contributed by atoms with van der Waals surface area (Å²) in [5.74, 6) is 0.961. The highest BCUT2D eigenvalue weighted by molar-refractivity contribution is 5.93. The summed E-state index contributed by atoms with van der Waals surface area (Å²) in [5, 5.41) is 0.928. The Morgan fingerprint density at radius 2 is 2.09 bits per heavy atom. The number of rotatable bonds is 3. The zero-order valence-electron chi connectivity index (χ0n) is 12.9. The number of aromatic amines is 1. The van der Waals surface area contributed by atoms with E-state index in [0.717, 1.165) is 34.4 Å². The Balaban J connectivity index is 1.82. The van der Waals surface area contributed by atoms with Crippen LogP contribution in [0.5, 0.6) is 0 Å². The summed E-state index contributed by atoms with van der Waals surface area (Å²) in [5.41, 5.74) is 3.23. The fraction of sp³-hybridized carbons (Fsp3) is 0.235. The molecule has 0 atom stereocenters. The molecule has 0 saturated heterocycles. The van der Waals surface area contributed by atoms with E-state index in [0.29, 0.717) is 11.6 Å². The van der Waals surface area contributed by atoms with Crippen LogP contribution in [0, 0.1) is 11.9 Å². The average Bonchev–Trinajstić information content (AvgIpc) is 3.10. The maximum absolute atomic E-state index is 13.7. The lowest BCUT2D eigenvalue weighted by molar-refractivity contribution is 0.573. The third-order valence-electron chi connectivity index (χ3n) is 3.84. The van der Waals surface area contributed by atoms with E-state index in [9.17, 15) is 4.39 Å². The quantitative estimate of drug-likeness (QED) is 0.629. The predicted octanol–water partition coefficient (Wildman–Crippen LogP) is 3.61. The first kappa shape index (κ1) is 13.9. The Hall–Kier alpha value is -2.76. The molecule has 0 radical (unpaired) electrons. The standard InChI is InChI=1S/C17H16FN5/c1-10(2)5-15-19-7-13-12(6-21-17(13)22-15)11-3-4-16-20-8-14(18)23(16)9-11/h3-4,6-10H,5H2,1-2H3,(H,19,21,22).